The lowest BCUT2D eigenvalue weighted by Gasteiger charge is -2.09. The molecule has 0 amide bonds. The van der Waals surface area contributed by atoms with E-state index in [0.29, 0.717) is 17.1 Å². The predicted molar refractivity (Wildman–Crippen MR) is 89.2 cm³/mol. The molecule has 0 unspecified atom stereocenters. The first-order chi connectivity index (χ1) is 11.0. The normalized spacial score (nSPS) is 11.2. The van der Waals surface area contributed by atoms with E-state index in [2.05, 4.69) is 10.5 Å². The Morgan fingerprint density at radius 2 is 1.96 bits per heavy atom. The van der Waals surface area contributed by atoms with E-state index in [9.17, 15) is 9.90 Å². The summed E-state index contributed by atoms with van der Waals surface area (Å²) in [4.78, 5) is 10.9. The van der Waals surface area contributed by atoms with Crippen LogP contribution in [0, 0.1) is 0 Å². The molecule has 0 aliphatic heterocycles. The maximum absolute atomic E-state index is 10.9. The van der Waals surface area contributed by atoms with E-state index in [-0.39, 0.29) is 5.56 Å². The number of anilines is 1. The highest BCUT2D eigenvalue weighted by atomic mass is 35.5. The number of carbonyl (C=O) groups is 1. The third-order valence-corrected chi connectivity index (χ3v) is 3.52. The Morgan fingerprint density at radius 1 is 1.26 bits per heavy atom. The van der Waals surface area contributed by atoms with Gasteiger partial charge in [0, 0.05) is 12.1 Å². The monoisotopic (exact) mass is 331 g/mol. The average Bonchev–Trinajstić information content (AvgIpc) is 2.54. The summed E-state index contributed by atoms with van der Waals surface area (Å²) in [5.74, 6) is -0.462. The molecule has 0 aromatic heterocycles. The van der Waals surface area contributed by atoms with Crippen LogP contribution >= 0.6 is 11.6 Å². The molecule has 1 N–H and O–H groups in total. The van der Waals surface area contributed by atoms with E-state index in [1.165, 1.54) is 18.2 Å². The lowest BCUT2D eigenvalue weighted by Crippen LogP contribution is -2.22. The van der Waals surface area contributed by atoms with Gasteiger partial charge in [0.25, 0.3) is 0 Å². The molecular formula is C17H16ClN2O3-. The third-order valence-electron chi connectivity index (χ3n) is 3.19. The molecule has 23 heavy (non-hydrogen) atoms. The fraction of sp³-hybridized carbons (Fsp3) is 0.176. The second-order valence-electron chi connectivity index (χ2n) is 4.97. The van der Waals surface area contributed by atoms with Gasteiger partial charge in [0.1, 0.15) is 5.75 Å². The zero-order valence-electron chi connectivity index (χ0n) is 12.8. The summed E-state index contributed by atoms with van der Waals surface area (Å²) in [5, 5.41) is 15.5. The fourth-order valence-electron chi connectivity index (χ4n) is 1.97. The van der Waals surface area contributed by atoms with Gasteiger partial charge in [0.2, 0.25) is 0 Å². The van der Waals surface area contributed by atoms with Crippen molar-refractivity contribution in [1.29, 1.82) is 0 Å². The first-order valence-corrected chi connectivity index (χ1v) is 7.30. The molecule has 0 heterocycles. The molecule has 0 radical (unpaired) electrons. The van der Waals surface area contributed by atoms with Crippen LogP contribution in [0.5, 0.6) is 5.75 Å². The zero-order valence-corrected chi connectivity index (χ0v) is 13.6. The molecule has 6 heteroatoms. The minimum Gasteiger partial charge on any atom is -0.545 e. The summed E-state index contributed by atoms with van der Waals surface area (Å²) in [6.45, 7) is 1.87. The quantitative estimate of drug-likeness (QED) is 0.652. The predicted octanol–water partition coefficient (Wildman–Crippen LogP) is 2.74. The number of hydrogen-bond acceptors (Lipinski definition) is 5. The number of rotatable bonds is 6. The molecule has 0 fully saturated rings. The van der Waals surface area contributed by atoms with E-state index < -0.39 is 5.97 Å². The van der Waals surface area contributed by atoms with Crippen LogP contribution < -0.4 is 15.3 Å². The van der Waals surface area contributed by atoms with Crippen molar-refractivity contribution in [1.82, 2.24) is 0 Å². The van der Waals surface area contributed by atoms with Crippen LogP contribution in [-0.4, -0.2) is 18.8 Å². The van der Waals surface area contributed by atoms with Crippen molar-refractivity contribution in [3.05, 3.63) is 58.6 Å². The van der Waals surface area contributed by atoms with Gasteiger partial charge in [-0.05, 0) is 42.3 Å². The first kappa shape index (κ1) is 16.8. The van der Waals surface area contributed by atoms with Crippen molar-refractivity contribution in [2.75, 3.05) is 12.5 Å². The average molecular weight is 332 g/mol. The highest BCUT2D eigenvalue weighted by Crippen LogP contribution is 2.23. The second kappa shape index (κ2) is 7.65. The number of nitrogens with one attached hydrogen (secondary N) is 1. The van der Waals surface area contributed by atoms with Crippen LogP contribution in [0.3, 0.4) is 0 Å². The molecule has 2 rings (SSSR count). The maximum atomic E-state index is 10.9. The number of nitrogens with zero attached hydrogens (tertiary/aromatic N) is 1. The standard InChI is InChI=1S/C17H17ClN2O3/c1-11(9-12-3-6-14(23-2)7-4-12)19-20-16-10-13(17(21)22)5-8-15(16)18/h3-8,10,20H,9H2,1-2H3,(H,21,22)/p-1/b19-11-. The highest BCUT2D eigenvalue weighted by Gasteiger charge is 2.03. The van der Waals surface area contributed by atoms with Gasteiger partial charge in [-0.25, -0.2) is 0 Å². The van der Waals surface area contributed by atoms with Crippen molar-refractivity contribution < 1.29 is 14.6 Å². The fourth-order valence-corrected chi connectivity index (χ4v) is 2.13. The van der Waals surface area contributed by atoms with Crippen LogP contribution in [0.2, 0.25) is 5.02 Å². The molecule has 0 aliphatic rings. The van der Waals surface area contributed by atoms with Gasteiger partial charge in [-0.2, -0.15) is 5.10 Å². The summed E-state index contributed by atoms with van der Waals surface area (Å²) in [5.41, 5.74) is 5.16. The van der Waals surface area contributed by atoms with Gasteiger partial charge in [-0.15, -0.1) is 0 Å². The number of methoxy groups -OCH3 is 1. The zero-order chi connectivity index (χ0) is 16.8. The smallest absolute Gasteiger partial charge is 0.118 e. The molecule has 2 aromatic rings. The van der Waals surface area contributed by atoms with Crippen molar-refractivity contribution >= 4 is 29.0 Å². The molecule has 0 aliphatic carbocycles. The van der Waals surface area contributed by atoms with Crippen LogP contribution in [0.4, 0.5) is 5.69 Å². The third kappa shape index (κ3) is 4.72. The van der Waals surface area contributed by atoms with Crippen molar-refractivity contribution in [3.63, 3.8) is 0 Å². The number of carboxylic acids is 1. The highest BCUT2D eigenvalue weighted by molar-refractivity contribution is 6.33. The summed E-state index contributed by atoms with van der Waals surface area (Å²) < 4.78 is 5.11. The van der Waals surface area contributed by atoms with Gasteiger partial charge in [0.15, 0.2) is 0 Å². The molecule has 2 aromatic carbocycles. The molecule has 5 nitrogen and oxygen atoms in total. The Hall–Kier alpha value is -2.53. The van der Waals surface area contributed by atoms with E-state index in [0.717, 1.165) is 17.0 Å². The van der Waals surface area contributed by atoms with Crippen LogP contribution in [0.1, 0.15) is 22.8 Å². The number of hydrazone groups is 1. The molecule has 0 atom stereocenters. The summed E-state index contributed by atoms with van der Waals surface area (Å²) >= 11 is 6.02. The molecule has 0 bridgehead atoms. The van der Waals surface area contributed by atoms with Crippen molar-refractivity contribution in [2.24, 2.45) is 5.10 Å². The number of aromatic carboxylic acids is 1. The molecule has 0 saturated carbocycles. The number of carboxylic acid groups (broad SMARTS) is 1. The van der Waals surface area contributed by atoms with E-state index >= 15 is 0 Å². The summed E-state index contributed by atoms with van der Waals surface area (Å²) in [7, 11) is 1.62. The topological polar surface area (TPSA) is 73.8 Å². The SMILES string of the molecule is COc1ccc(C/C(C)=N\Nc2cc(C(=O)[O-])ccc2Cl)cc1. The van der Waals surface area contributed by atoms with Crippen LogP contribution in [0.25, 0.3) is 0 Å². The Kier molecular flexibility index (Phi) is 5.60. The lowest BCUT2D eigenvalue weighted by molar-refractivity contribution is -0.255. The Bertz CT molecular complexity index is 727. The number of ether oxygens (including phenoxy) is 1. The molecule has 120 valence electrons. The number of carbonyl (C=O) groups excluding carboxylic acids is 1. The number of halogens is 1. The minimum absolute atomic E-state index is 0.0416. The van der Waals surface area contributed by atoms with E-state index in [1.54, 1.807) is 7.11 Å². The Balaban J connectivity index is 2.06. The van der Waals surface area contributed by atoms with Gasteiger partial charge >= 0.3 is 0 Å². The second-order valence-corrected chi connectivity index (χ2v) is 5.37. The Labute approximate surface area is 139 Å². The summed E-state index contributed by atoms with van der Waals surface area (Å²) in [6.07, 6.45) is 0.648. The van der Waals surface area contributed by atoms with Gasteiger partial charge < -0.3 is 14.6 Å². The summed E-state index contributed by atoms with van der Waals surface area (Å²) in [6, 6.07) is 12.0. The van der Waals surface area contributed by atoms with Gasteiger partial charge in [-0.1, -0.05) is 29.8 Å². The van der Waals surface area contributed by atoms with E-state index in [4.69, 9.17) is 16.3 Å². The Morgan fingerprint density at radius 3 is 2.57 bits per heavy atom. The van der Waals surface area contributed by atoms with Gasteiger partial charge in [0.05, 0.1) is 23.8 Å². The molecular weight excluding hydrogens is 316 g/mol. The lowest BCUT2D eigenvalue weighted by atomic mass is 10.1. The number of benzene rings is 2. The molecule has 0 saturated heterocycles. The van der Waals surface area contributed by atoms with E-state index in [1.807, 2.05) is 31.2 Å². The largest absolute Gasteiger partial charge is 0.545 e. The van der Waals surface area contributed by atoms with Crippen molar-refractivity contribution in [3.8, 4) is 5.75 Å². The maximum Gasteiger partial charge on any atom is 0.118 e. The minimum atomic E-state index is -1.26. The first-order valence-electron chi connectivity index (χ1n) is 6.92. The van der Waals surface area contributed by atoms with Crippen LogP contribution in [-0.2, 0) is 6.42 Å². The van der Waals surface area contributed by atoms with Gasteiger partial charge in [-0.3, -0.25) is 5.43 Å². The molecule has 0 spiro atoms. The number of hydrogen-bond donors (Lipinski definition) is 1. The van der Waals surface area contributed by atoms with Crippen molar-refractivity contribution in [2.45, 2.75) is 13.3 Å². The van der Waals surface area contributed by atoms with Crippen LogP contribution in [0.15, 0.2) is 47.6 Å².